The summed E-state index contributed by atoms with van der Waals surface area (Å²) in [5, 5.41) is 4.00. The number of benzene rings is 2. The minimum Gasteiger partial charge on any atom is -0.312 e. The van der Waals surface area contributed by atoms with Crippen molar-refractivity contribution in [2.45, 2.75) is 6.92 Å². The Morgan fingerprint density at radius 1 is 0.783 bits per heavy atom. The van der Waals surface area contributed by atoms with Crippen molar-refractivity contribution in [2.75, 3.05) is 0 Å². The summed E-state index contributed by atoms with van der Waals surface area (Å²) in [4.78, 5) is 0. The third kappa shape index (κ3) is 1.50. The van der Waals surface area contributed by atoms with Crippen LogP contribution in [0.2, 0.25) is 0 Å². The molecule has 0 radical (unpaired) electrons. The fourth-order valence-corrected chi connectivity index (χ4v) is 3.98. The molecule has 0 spiro atoms. The number of hydrogen-bond donors (Lipinski definition) is 0. The van der Waals surface area contributed by atoms with Crippen molar-refractivity contribution in [3.05, 3.63) is 72.6 Å². The van der Waals surface area contributed by atoms with E-state index in [0.29, 0.717) is 0 Å². The maximum Gasteiger partial charge on any atom is 0.214 e. The lowest BCUT2D eigenvalue weighted by atomic mass is 10.0. The molecule has 0 bridgehead atoms. The highest BCUT2D eigenvalue weighted by Crippen LogP contribution is 2.40. The standard InChI is InChI=1S/C21H17N2/c1-14-20(19-12-5-6-13-22(19)2)17-10-7-9-16-15-8-3-4-11-18(15)23(14)21(16)17/h3-13H,1-2H3/q+1. The van der Waals surface area contributed by atoms with Crippen LogP contribution in [-0.2, 0) is 7.05 Å². The zero-order valence-electron chi connectivity index (χ0n) is 13.2. The number of aryl methyl sites for hydroxylation is 2. The predicted molar refractivity (Wildman–Crippen MR) is 94.9 cm³/mol. The van der Waals surface area contributed by atoms with Gasteiger partial charge in [-0.1, -0.05) is 36.4 Å². The second kappa shape index (κ2) is 4.32. The van der Waals surface area contributed by atoms with Crippen LogP contribution in [0.5, 0.6) is 0 Å². The van der Waals surface area contributed by atoms with E-state index in [1.807, 2.05) is 0 Å². The highest BCUT2D eigenvalue weighted by atomic mass is 15.0. The van der Waals surface area contributed by atoms with E-state index in [1.165, 1.54) is 44.1 Å². The van der Waals surface area contributed by atoms with E-state index in [4.69, 9.17) is 0 Å². The van der Waals surface area contributed by atoms with E-state index in [2.05, 4.69) is 89.8 Å². The number of para-hydroxylation sites is 2. The van der Waals surface area contributed by atoms with Crippen LogP contribution in [0.25, 0.3) is 38.4 Å². The Bertz CT molecular complexity index is 1180. The monoisotopic (exact) mass is 297 g/mol. The first-order chi connectivity index (χ1) is 11.3. The van der Waals surface area contributed by atoms with Crippen molar-refractivity contribution in [3.63, 3.8) is 0 Å². The Kier molecular flexibility index (Phi) is 2.38. The van der Waals surface area contributed by atoms with Crippen molar-refractivity contribution in [2.24, 2.45) is 7.05 Å². The third-order valence-corrected chi connectivity index (χ3v) is 4.97. The molecule has 110 valence electrons. The van der Waals surface area contributed by atoms with E-state index in [-0.39, 0.29) is 0 Å². The average Bonchev–Trinajstić information content (AvgIpc) is 3.07. The first-order valence-electron chi connectivity index (χ1n) is 7.96. The minimum absolute atomic E-state index is 1.25. The van der Waals surface area contributed by atoms with Crippen molar-refractivity contribution >= 4 is 27.2 Å². The summed E-state index contributed by atoms with van der Waals surface area (Å²) in [6.45, 7) is 2.23. The molecule has 2 heteroatoms. The molecule has 0 aliphatic heterocycles. The fraction of sp³-hybridized carbons (Fsp3) is 0.0952. The number of aromatic nitrogens is 2. The molecule has 0 atom stereocenters. The predicted octanol–water partition coefficient (Wildman–Crippen LogP) is 4.48. The molecular weight excluding hydrogens is 280 g/mol. The summed E-state index contributed by atoms with van der Waals surface area (Å²) >= 11 is 0. The van der Waals surface area contributed by atoms with E-state index in [0.717, 1.165) is 0 Å². The third-order valence-electron chi connectivity index (χ3n) is 4.97. The van der Waals surface area contributed by atoms with Gasteiger partial charge in [-0.3, -0.25) is 0 Å². The first kappa shape index (κ1) is 12.7. The van der Waals surface area contributed by atoms with Crippen LogP contribution in [0.1, 0.15) is 5.69 Å². The van der Waals surface area contributed by atoms with Gasteiger partial charge in [0, 0.05) is 34.0 Å². The summed E-state index contributed by atoms with van der Waals surface area (Å²) < 4.78 is 4.62. The lowest BCUT2D eigenvalue weighted by molar-refractivity contribution is -0.660. The van der Waals surface area contributed by atoms with Gasteiger partial charge in [-0.15, -0.1) is 0 Å². The van der Waals surface area contributed by atoms with Crippen LogP contribution in [-0.4, -0.2) is 4.40 Å². The van der Waals surface area contributed by atoms with Gasteiger partial charge in [0.15, 0.2) is 6.20 Å². The molecule has 0 amide bonds. The molecule has 5 rings (SSSR count). The Labute approximate surface area is 134 Å². The maximum atomic E-state index is 2.42. The minimum atomic E-state index is 1.25. The topological polar surface area (TPSA) is 8.29 Å². The number of nitrogens with zero attached hydrogens (tertiary/aromatic N) is 2. The van der Waals surface area contributed by atoms with Crippen LogP contribution in [0.3, 0.4) is 0 Å². The van der Waals surface area contributed by atoms with Crippen molar-refractivity contribution in [1.82, 2.24) is 4.40 Å². The molecule has 5 aromatic rings. The van der Waals surface area contributed by atoms with Gasteiger partial charge in [-0.05, 0) is 19.1 Å². The Balaban J connectivity index is 2.07. The zero-order valence-corrected chi connectivity index (χ0v) is 13.2. The molecule has 0 aliphatic rings. The van der Waals surface area contributed by atoms with Gasteiger partial charge in [-0.25, -0.2) is 4.57 Å². The Morgan fingerprint density at radius 2 is 1.52 bits per heavy atom. The normalized spacial score (nSPS) is 11.9. The van der Waals surface area contributed by atoms with Crippen molar-refractivity contribution in [3.8, 4) is 11.3 Å². The quantitative estimate of drug-likeness (QED) is 0.403. The van der Waals surface area contributed by atoms with Crippen LogP contribution < -0.4 is 4.57 Å². The molecule has 2 aromatic carbocycles. The number of hydrogen-bond acceptors (Lipinski definition) is 0. The van der Waals surface area contributed by atoms with Gasteiger partial charge in [0.1, 0.15) is 7.05 Å². The highest BCUT2D eigenvalue weighted by molar-refractivity contribution is 6.18. The van der Waals surface area contributed by atoms with Crippen molar-refractivity contribution < 1.29 is 4.57 Å². The van der Waals surface area contributed by atoms with Crippen LogP contribution in [0.15, 0.2) is 66.9 Å². The summed E-state index contributed by atoms with van der Waals surface area (Å²) in [6, 6.07) is 21.7. The maximum absolute atomic E-state index is 2.42. The van der Waals surface area contributed by atoms with E-state index < -0.39 is 0 Å². The number of pyridine rings is 1. The largest absolute Gasteiger partial charge is 0.312 e. The molecule has 0 aliphatic carbocycles. The van der Waals surface area contributed by atoms with Crippen LogP contribution in [0.4, 0.5) is 0 Å². The molecule has 0 N–H and O–H groups in total. The van der Waals surface area contributed by atoms with Gasteiger partial charge >= 0.3 is 0 Å². The number of fused-ring (bicyclic) bond motifs is 3. The van der Waals surface area contributed by atoms with Crippen molar-refractivity contribution in [1.29, 1.82) is 0 Å². The van der Waals surface area contributed by atoms with Crippen LogP contribution >= 0.6 is 0 Å². The van der Waals surface area contributed by atoms with E-state index in [1.54, 1.807) is 0 Å². The summed E-state index contributed by atoms with van der Waals surface area (Å²) in [5.74, 6) is 0. The molecule has 0 unspecified atom stereocenters. The molecule has 0 saturated heterocycles. The van der Waals surface area contributed by atoms with Gasteiger partial charge in [0.05, 0.1) is 16.6 Å². The smallest absolute Gasteiger partial charge is 0.214 e. The van der Waals surface area contributed by atoms with Gasteiger partial charge < -0.3 is 4.40 Å². The van der Waals surface area contributed by atoms with E-state index >= 15 is 0 Å². The summed E-state index contributed by atoms with van der Waals surface area (Å²) in [6.07, 6.45) is 2.11. The summed E-state index contributed by atoms with van der Waals surface area (Å²) in [5.41, 5.74) is 6.52. The molecule has 0 saturated carbocycles. The van der Waals surface area contributed by atoms with Crippen LogP contribution in [0, 0.1) is 6.92 Å². The zero-order chi connectivity index (χ0) is 15.6. The lowest BCUT2D eigenvalue weighted by Gasteiger charge is -2.02. The second-order valence-corrected chi connectivity index (χ2v) is 6.21. The first-order valence-corrected chi connectivity index (χ1v) is 7.96. The Hall–Kier alpha value is -2.87. The fourth-order valence-electron chi connectivity index (χ4n) is 3.98. The molecular formula is C21H17N2+. The second-order valence-electron chi connectivity index (χ2n) is 6.21. The molecule has 2 nitrogen and oxygen atoms in total. The van der Waals surface area contributed by atoms with Gasteiger partial charge in [0.25, 0.3) is 0 Å². The SMILES string of the molecule is Cc1c(-c2cccc[n+]2C)c2cccc3c4ccccc4n1c23. The van der Waals surface area contributed by atoms with Gasteiger partial charge in [-0.2, -0.15) is 0 Å². The highest BCUT2D eigenvalue weighted by Gasteiger charge is 2.23. The average molecular weight is 297 g/mol. The molecule has 3 heterocycles. The molecule has 3 aromatic heterocycles. The van der Waals surface area contributed by atoms with E-state index in [9.17, 15) is 0 Å². The lowest BCUT2D eigenvalue weighted by Crippen LogP contribution is -2.30. The van der Waals surface area contributed by atoms with Gasteiger partial charge in [0.2, 0.25) is 5.69 Å². The molecule has 23 heavy (non-hydrogen) atoms. The molecule has 0 fully saturated rings. The summed E-state index contributed by atoms with van der Waals surface area (Å²) in [7, 11) is 2.11. The number of rotatable bonds is 1. The Morgan fingerprint density at radius 3 is 2.39 bits per heavy atom.